The minimum atomic E-state index is 0.818. The minimum Gasteiger partial charge on any atom is -0.364 e. The Kier molecular flexibility index (Phi) is 2.70. The van der Waals surface area contributed by atoms with Crippen molar-refractivity contribution in [1.82, 2.24) is 19.7 Å². The Morgan fingerprint density at radius 2 is 2.30 bits per heavy atom. The van der Waals surface area contributed by atoms with E-state index in [0.29, 0.717) is 0 Å². The predicted octanol–water partition coefficient (Wildman–Crippen LogP) is 2.53. The van der Waals surface area contributed by atoms with Gasteiger partial charge < -0.3 is 5.32 Å². The summed E-state index contributed by atoms with van der Waals surface area (Å²) in [4.78, 5) is 11.5. The van der Waals surface area contributed by atoms with E-state index in [0.717, 1.165) is 23.4 Å². The number of nitrogens with one attached hydrogen (secondary N) is 1. The lowest BCUT2D eigenvalue weighted by Gasteiger charge is -2.04. The molecule has 20 heavy (non-hydrogen) atoms. The van der Waals surface area contributed by atoms with Gasteiger partial charge in [-0.05, 0) is 30.9 Å². The van der Waals surface area contributed by atoms with Gasteiger partial charge in [-0.3, -0.25) is 4.68 Å². The topological polar surface area (TPSA) is 55.6 Å². The second-order valence-corrected chi connectivity index (χ2v) is 6.32. The van der Waals surface area contributed by atoms with Crippen LogP contribution >= 0.6 is 11.3 Å². The molecule has 4 rings (SSSR count). The molecule has 0 aromatic carbocycles. The van der Waals surface area contributed by atoms with Crippen LogP contribution in [0.5, 0.6) is 0 Å². The zero-order valence-corrected chi connectivity index (χ0v) is 12.1. The van der Waals surface area contributed by atoms with Crippen molar-refractivity contribution in [2.45, 2.75) is 25.8 Å². The highest BCUT2D eigenvalue weighted by atomic mass is 32.1. The lowest BCUT2D eigenvalue weighted by atomic mass is 10.2. The van der Waals surface area contributed by atoms with E-state index in [-0.39, 0.29) is 0 Å². The number of hydrogen-bond donors (Lipinski definition) is 1. The van der Waals surface area contributed by atoms with Crippen LogP contribution < -0.4 is 5.32 Å². The van der Waals surface area contributed by atoms with Gasteiger partial charge in [0, 0.05) is 16.8 Å². The van der Waals surface area contributed by atoms with E-state index in [9.17, 15) is 0 Å². The first-order chi connectivity index (χ1) is 9.81. The summed E-state index contributed by atoms with van der Waals surface area (Å²) in [6.07, 6.45) is 7.20. The van der Waals surface area contributed by atoms with Crippen LogP contribution in [-0.4, -0.2) is 19.7 Å². The molecule has 0 saturated heterocycles. The van der Waals surface area contributed by atoms with Crippen LogP contribution in [0.15, 0.2) is 18.6 Å². The Morgan fingerprint density at radius 3 is 3.20 bits per heavy atom. The molecule has 3 heterocycles. The molecule has 0 aliphatic heterocycles. The second-order valence-electron chi connectivity index (χ2n) is 5.10. The largest absolute Gasteiger partial charge is 0.364 e. The zero-order valence-electron chi connectivity index (χ0n) is 11.3. The number of nitrogens with zero attached hydrogens (tertiary/aromatic N) is 4. The number of aryl methyl sites for hydroxylation is 3. The molecule has 0 saturated carbocycles. The maximum Gasteiger partial charge on any atom is 0.163 e. The average molecular weight is 285 g/mol. The van der Waals surface area contributed by atoms with Crippen LogP contribution in [0.3, 0.4) is 0 Å². The monoisotopic (exact) mass is 285 g/mol. The Hall–Kier alpha value is -1.95. The maximum atomic E-state index is 4.33. The second kappa shape index (κ2) is 4.56. The third-order valence-corrected chi connectivity index (χ3v) is 4.99. The fourth-order valence-electron chi connectivity index (χ4n) is 2.75. The molecule has 0 atom stereocenters. The van der Waals surface area contributed by atoms with Crippen LogP contribution in [0.25, 0.3) is 11.0 Å². The van der Waals surface area contributed by atoms with Crippen LogP contribution in [-0.2, 0) is 26.4 Å². The fourth-order valence-corrected chi connectivity index (χ4v) is 3.95. The van der Waals surface area contributed by atoms with Crippen molar-refractivity contribution in [3.05, 3.63) is 33.9 Å². The molecular formula is C14H15N5S. The van der Waals surface area contributed by atoms with Crippen molar-refractivity contribution >= 4 is 28.2 Å². The van der Waals surface area contributed by atoms with Gasteiger partial charge in [0.1, 0.15) is 12.1 Å². The summed E-state index contributed by atoms with van der Waals surface area (Å²) < 4.78 is 1.77. The molecule has 102 valence electrons. The Labute approximate surface area is 120 Å². The highest BCUT2D eigenvalue weighted by Crippen LogP contribution is 2.31. The Balaban J connectivity index is 1.58. The van der Waals surface area contributed by atoms with Crippen LogP contribution in [0.2, 0.25) is 0 Å². The summed E-state index contributed by atoms with van der Waals surface area (Å²) in [6.45, 7) is 0.818. The molecule has 0 fully saturated rings. The molecule has 0 amide bonds. The van der Waals surface area contributed by atoms with Crippen LogP contribution in [0.4, 0.5) is 5.82 Å². The molecule has 0 spiro atoms. The van der Waals surface area contributed by atoms with Gasteiger partial charge >= 0.3 is 0 Å². The first-order valence-electron chi connectivity index (χ1n) is 6.78. The lowest BCUT2D eigenvalue weighted by molar-refractivity contribution is 0.785. The van der Waals surface area contributed by atoms with Gasteiger partial charge in [0.15, 0.2) is 5.65 Å². The molecule has 6 heteroatoms. The number of thiophene rings is 1. The highest BCUT2D eigenvalue weighted by Gasteiger charge is 2.15. The van der Waals surface area contributed by atoms with E-state index in [1.54, 1.807) is 21.4 Å². The number of hydrogen-bond acceptors (Lipinski definition) is 5. The van der Waals surface area contributed by atoms with Gasteiger partial charge in [-0.15, -0.1) is 11.3 Å². The van der Waals surface area contributed by atoms with Crippen LogP contribution in [0, 0.1) is 0 Å². The summed E-state index contributed by atoms with van der Waals surface area (Å²) in [6, 6.07) is 2.33. The summed E-state index contributed by atoms with van der Waals surface area (Å²) >= 11 is 1.93. The average Bonchev–Trinajstić information content (AvgIpc) is 3.11. The number of anilines is 1. The summed E-state index contributed by atoms with van der Waals surface area (Å²) in [5, 5.41) is 8.61. The number of fused-ring (bicyclic) bond motifs is 2. The molecule has 1 aliphatic rings. The first kappa shape index (κ1) is 11.8. The van der Waals surface area contributed by atoms with Gasteiger partial charge in [0.2, 0.25) is 0 Å². The molecule has 1 aliphatic carbocycles. The summed E-state index contributed by atoms with van der Waals surface area (Å²) in [5.74, 6) is 0.858. The molecule has 1 N–H and O–H groups in total. The van der Waals surface area contributed by atoms with Crippen molar-refractivity contribution in [3.8, 4) is 0 Å². The Morgan fingerprint density at radius 1 is 1.35 bits per heavy atom. The SMILES string of the molecule is Cn1ncc2c(NCc3cc4c(s3)CCC4)ncnc21. The van der Waals surface area contributed by atoms with Gasteiger partial charge in [0.25, 0.3) is 0 Å². The molecule has 3 aromatic rings. The standard InChI is InChI=1S/C14H15N5S/c1-19-14-11(7-18-19)13(16-8-17-14)15-6-10-5-9-3-2-4-12(9)20-10/h5,7-8H,2-4,6H2,1H3,(H,15,16,17). The van der Waals surface area contributed by atoms with Gasteiger partial charge in [-0.1, -0.05) is 0 Å². The Bertz CT molecular complexity index is 752. The van der Waals surface area contributed by atoms with Crippen molar-refractivity contribution in [2.75, 3.05) is 5.32 Å². The molecule has 3 aromatic heterocycles. The normalized spacial score (nSPS) is 13.8. The fraction of sp³-hybridized carbons (Fsp3) is 0.357. The van der Waals surface area contributed by atoms with Crippen molar-refractivity contribution in [3.63, 3.8) is 0 Å². The third kappa shape index (κ3) is 1.87. The lowest BCUT2D eigenvalue weighted by Crippen LogP contribution is -2.01. The van der Waals surface area contributed by atoms with E-state index in [2.05, 4.69) is 26.4 Å². The van der Waals surface area contributed by atoms with Crippen LogP contribution in [0.1, 0.15) is 21.7 Å². The molecule has 5 nitrogen and oxygen atoms in total. The van der Waals surface area contributed by atoms with Crippen molar-refractivity contribution in [1.29, 1.82) is 0 Å². The van der Waals surface area contributed by atoms with Crippen molar-refractivity contribution < 1.29 is 0 Å². The van der Waals surface area contributed by atoms with Gasteiger partial charge in [0.05, 0.1) is 18.1 Å². The quantitative estimate of drug-likeness (QED) is 0.803. The molecule has 0 radical (unpaired) electrons. The molecular weight excluding hydrogens is 270 g/mol. The predicted molar refractivity (Wildman–Crippen MR) is 80.0 cm³/mol. The third-order valence-electron chi connectivity index (χ3n) is 3.76. The summed E-state index contributed by atoms with van der Waals surface area (Å²) in [5.41, 5.74) is 2.40. The number of aromatic nitrogens is 4. The highest BCUT2D eigenvalue weighted by molar-refractivity contribution is 7.12. The van der Waals surface area contributed by atoms with Gasteiger partial charge in [-0.25, -0.2) is 9.97 Å². The molecule has 0 unspecified atom stereocenters. The van der Waals surface area contributed by atoms with E-state index in [1.807, 2.05) is 24.6 Å². The summed E-state index contributed by atoms with van der Waals surface area (Å²) in [7, 11) is 1.89. The first-order valence-corrected chi connectivity index (χ1v) is 7.60. The molecule has 0 bridgehead atoms. The van der Waals surface area contributed by atoms with Crippen molar-refractivity contribution in [2.24, 2.45) is 7.05 Å². The minimum absolute atomic E-state index is 0.818. The van der Waals surface area contributed by atoms with E-state index in [1.165, 1.54) is 24.1 Å². The van der Waals surface area contributed by atoms with E-state index >= 15 is 0 Å². The zero-order chi connectivity index (χ0) is 13.5. The van der Waals surface area contributed by atoms with E-state index in [4.69, 9.17) is 0 Å². The number of rotatable bonds is 3. The smallest absolute Gasteiger partial charge is 0.163 e. The van der Waals surface area contributed by atoms with Gasteiger partial charge in [-0.2, -0.15) is 5.10 Å². The maximum absolute atomic E-state index is 4.33. The van der Waals surface area contributed by atoms with E-state index < -0.39 is 0 Å².